The van der Waals surface area contributed by atoms with Crippen LogP contribution in [0, 0.1) is 14.1 Å². The average Bonchev–Trinajstić information content (AvgIpc) is 2.87. The number of aromatic hydroxyl groups is 1. The van der Waals surface area contributed by atoms with Gasteiger partial charge in [-0.3, -0.25) is 9.69 Å². The number of phenols is 1. The number of phenolic OH excluding ortho intramolecular Hbond substituents is 1. The zero-order chi connectivity index (χ0) is 30.2. The van der Waals surface area contributed by atoms with Crippen LogP contribution >= 0.6 is 45.2 Å². The Balaban J connectivity index is 1.72. The van der Waals surface area contributed by atoms with Gasteiger partial charge in [-0.2, -0.15) is 4.98 Å². The maximum Gasteiger partial charge on any atom is 0.412 e. The Morgan fingerprint density at radius 2 is 1.76 bits per heavy atom. The second-order valence-corrected chi connectivity index (χ2v) is 13.5. The maximum atomic E-state index is 13.7. The van der Waals surface area contributed by atoms with E-state index in [9.17, 15) is 24.6 Å². The fourth-order valence-electron chi connectivity index (χ4n) is 4.93. The molecule has 2 aromatic carbocycles. The molecule has 11 nitrogen and oxygen atoms in total. The van der Waals surface area contributed by atoms with Gasteiger partial charge in [-0.15, -0.1) is 0 Å². The summed E-state index contributed by atoms with van der Waals surface area (Å²) in [5.74, 6) is 0.0456. The smallest absolute Gasteiger partial charge is 0.412 e. The molecule has 3 N–H and O–H groups in total. The van der Waals surface area contributed by atoms with Crippen molar-refractivity contribution in [3.8, 4) is 5.75 Å². The molecule has 1 fully saturated rings. The Bertz CT molecular complexity index is 1520. The fourth-order valence-corrected chi connectivity index (χ4v) is 6.83. The van der Waals surface area contributed by atoms with E-state index >= 15 is 0 Å². The van der Waals surface area contributed by atoms with Crippen molar-refractivity contribution in [2.45, 2.75) is 45.7 Å². The summed E-state index contributed by atoms with van der Waals surface area (Å²) in [6.45, 7) is 9.62. The number of benzene rings is 2. The number of nitrogens with zero attached hydrogens (tertiary/aromatic N) is 4. The molecular weight excluding hydrogens is 756 g/mol. The van der Waals surface area contributed by atoms with Crippen molar-refractivity contribution >= 4 is 79.8 Å². The predicted octanol–water partition coefficient (Wildman–Crippen LogP) is 4.49. The summed E-state index contributed by atoms with van der Waals surface area (Å²) in [4.78, 5) is 48.7. The molecule has 1 atom stereocenters. The highest BCUT2D eigenvalue weighted by Gasteiger charge is 2.31. The molecule has 1 aromatic heterocycles. The van der Waals surface area contributed by atoms with Crippen LogP contribution in [0.5, 0.6) is 5.75 Å². The number of carbonyl (C=O) groups is 2. The zero-order valence-electron chi connectivity index (χ0n) is 23.5. The third-order valence-corrected chi connectivity index (χ3v) is 8.70. The van der Waals surface area contributed by atoms with Gasteiger partial charge in [0.25, 0.3) is 6.01 Å². The molecule has 3 aromatic rings. The predicted molar refractivity (Wildman–Crippen MR) is 174 cm³/mol. The van der Waals surface area contributed by atoms with E-state index in [1.54, 1.807) is 44.7 Å². The van der Waals surface area contributed by atoms with Crippen molar-refractivity contribution in [2.24, 2.45) is 0 Å². The molecule has 1 aliphatic rings. The Kier molecular flexibility index (Phi) is 9.38. The third kappa shape index (κ3) is 6.88. The van der Waals surface area contributed by atoms with Gasteiger partial charge < -0.3 is 29.7 Å². The van der Waals surface area contributed by atoms with Gasteiger partial charge in [0, 0.05) is 38.1 Å². The van der Waals surface area contributed by atoms with Gasteiger partial charge in [0.05, 0.1) is 23.7 Å². The molecule has 0 saturated carbocycles. The molecule has 4 rings (SSSR count). The number of aromatic nitrogens is 1. The molecule has 220 valence electrons. The Morgan fingerprint density at radius 3 is 2.32 bits per heavy atom. The van der Waals surface area contributed by atoms with Crippen molar-refractivity contribution in [2.75, 3.05) is 43.4 Å². The van der Waals surface area contributed by atoms with Crippen LogP contribution < -0.4 is 15.8 Å². The van der Waals surface area contributed by atoms with Crippen molar-refractivity contribution < 1.29 is 24.2 Å². The van der Waals surface area contributed by atoms with Crippen molar-refractivity contribution in [1.82, 2.24) is 14.8 Å². The van der Waals surface area contributed by atoms with E-state index in [4.69, 9.17) is 4.42 Å². The molecule has 13 heteroatoms. The number of halogens is 2. The molecule has 0 bridgehead atoms. The quantitative estimate of drug-likeness (QED) is 0.309. The van der Waals surface area contributed by atoms with Gasteiger partial charge >= 0.3 is 11.7 Å². The zero-order valence-corrected chi connectivity index (χ0v) is 27.8. The molecule has 0 unspecified atom stereocenters. The summed E-state index contributed by atoms with van der Waals surface area (Å²) >= 11 is 4.11. The van der Waals surface area contributed by atoms with Crippen molar-refractivity contribution in [1.29, 1.82) is 0 Å². The molecule has 41 heavy (non-hydrogen) atoms. The van der Waals surface area contributed by atoms with Gasteiger partial charge in [0.1, 0.15) is 11.8 Å². The number of hydrogen-bond donors (Lipinski definition) is 3. The lowest BCUT2D eigenvalue weighted by Gasteiger charge is -2.35. The van der Waals surface area contributed by atoms with Crippen LogP contribution in [0.4, 0.5) is 16.5 Å². The van der Waals surface area contributed by atoms with Crippen molar-refractivity contribution in [3.63, 3.8) is 0 Å². The lowest BCUT2D eigenvalue weighted by molar-refractivity contribution is -0.133. The third-order valence-electron chi connectivity index (χ3n) is 7.06. The lowest BCUT2D eigenvalue weighted by Crippen LogP contribution is -2.52. The molecule has 1 saturated heterocycles. The fraction of sp³-hybridized carbons (Fsp3) is 0.429. The number of hydrogen-bond acceptors (Lipinski definition) is 8. The minimum Gasteiger partial charge on any atom is -0.506 e. The summed E-state index contributed by atoms with van der Waals surface area (Å²) in [5.41, 5.74) is 0.522. The van der Waals surface area contributed by atoms with E-state index in [-0.39, 0.29) is 29.5 Å². The van der Waals surface area contributed by atoms with Gasteiger partial charge in [0.2, 0.25) is 5.91 Å². The normalized spacial score (nSPS) is 15.1. The number of rotatable bonds is 6. The number of amides is 2. The van der Waals surface area contributed by atoms with E-state index < -0.39 is 23.3 Å². The molecular formula is C28H33I2N5O6. The van der Waals surface area contributed by atoms with Crippen LogP contribution in [0.25, 0.3) is 10.9 Å². The number of piperazine rings is 1. The van der Waals surface area contributed by atoms with Gasteiger partial charge in [-0.1, -0.05) is 0 Å². The first-order valence-corrected chi connectivity index (χ1v) is 15.2. The summed E-state index contributed by atoms with van der Waals surface area (Å²) < 4.78 is 6.91. The maximum absolute atomic E-state index is 13.7. The van der Waals surface area contributed by atoms with Gasteiger partial charge in [-0.05, 0) is 115 Å². The summed E-state index contributed by atoms with van der Waals surface area (Å²) in [6.07, 6.45) is -0.864. The molecule has 0 spiro atoms. The molecule has 2 heterocycles. The molecule has 2 amide bonds. The van der Waals surface area contributed by atoms with Crippen LogP contribution in [-0.2, 0) is 11.2 Å². The highest BCUT2D eigenvalue weighted by molar-refractivity contribution is 14.1. The Labute approximate surface area is 265 Å². The highest BCUT2D eigenvalue weighted by Crippen LogP contribution is 2.32. The molecule has 0 radical (unpaired) electrons. The van der Waals surface area contributed by atoms with Crippen LogP contribution in [0.15, 0.2) is 33.5 Å². The minimum absolute atomic E-state index is 0.101. The number of nitrogens with one attached hydrogen (secondary N) is 1. The van der Waals surface area contributed by atoms with Crippen LogP contribution in [0.3, 0.4) is 0 Å². The van der Waals surface area contributed by atoms with Gasteiger partial charge in [-0.25, -0.2) is 9.59 Å². The number of anilines is 2. The first kappa shape index (κ1) is 31.3. The van der Waals surface area contributed by atoms with E-state index in [0.29, 0.717) is 37.0 Å². The average molecular weight is 789 g/mol. The second-order valence-electron chi connectivity index (χ2n) is 11.1. The Hall–Kier alpha value is -2.66. The van der Waals surface area contributed by atoms with Crippen LogP contribution in [0.2, 0.25) is 0 Å². The summed E-state index contributed by atoms with van der Waals surface area (Å²) in [7, 11) is 2.01. The largest absolute Gasteiger partial charge is 0.506 e. The minimum atomic E-state index is -1.14. The van der Waals surface area contributed by atoms with Crippen LogP contribution in [0.1, 0.15) is 31.9 Å². The first-order chi connectivity index (χ1) is 19.2. The monoisotopic (exact) mass is 789 g/mol. The SMILES string of the molecule is Cc1c(N(C(=O)O)C(C)(C)C)ccc2nc(N[C@@H](Cc3cc(I)c(O)c(I)c3)C(=O)N3CCN(C)CC3)oc(=O)c12. The standard InChI is InChI=1S/C28H33I2N5O6/c1-15-21(35(27(39)40)28(2,3)4)7-6-19-22(15)25(38)41-26(31-19)32-20(24(37)34-10-8-33(5)9-11-34)14-16-12-17(29)23(36)18(30)13-16/h6-7,12-13,20,36H,8-11,14H2,1-5H3,(H,31,32)(H,39,40)/t20-/m0/s1. The number of fused-ring (bicyclic) bond motifs is 1. The van der Waals surface area contributed by atoms with E-state index in [0.717, 1.165) is 18.7 Å². The number of aryl methyl sites for hydroxylation is 1. The summed E-state index contributed by atoms with van der Waals surface area (Å²) in [5, 5.41) is 23.3. The molecule has 0 aliphatic carbocycles. The number of carboxylic acid groups (broad SMARTS) is 1. The Morgan fingerprint density at radius 1 is 1.15 bits per heavy atom. The van der Waals surface area contributed by atoms with Crippen LogP contribution in [-0.4, -0.2) is 81.8 Å². The van der Waals surface area contributed by atoms with E-state index in [2.05, 4.69) is 60.4 Å². The number of likely N-dealkylation sites (N-methyl/N-ethyl adjacent to an activating group) is 1. The summed E-state index contributed by atoms with van der Waals surface area (Å²) in [6, 6.07) is 5.97. The van der Waals surface area contributed by atoms with E-state index in [1.807, 2.05) is 19.2 Å². The number of carbonyl (C=O) groups excluding carboxylic acids is 1. The van der Waals surface area contributed by atoms with Gasteiger partial charge in [0.15, 0.2) is 0 Å². The first-order valence-electron chi connectivity index (χ1n) is 13.1. The highest BCUT2D eigenvalue weighted by atomic mass is 127. The second kappa shape index (κ2) is 12.3. The lowest BCUT2D eigenvalue weighted by atomic mass is 10.0. The van der Waals surface area contributed by atoms with Crippen molar-refractivity contribution in [3.05, 3.63) is 53.0 Å². The van der Waals surface area contributed by atoms with E-state index in [1.165, 1.54) is 4.90 Å². The molecule has 1 aliphatic heterocycles. The topological polar surface area (TPSA) is 139 Å².